The van der Waals surface area contributed by atoms with Crippen molar-refractivity contribution in [3.8, 4) is 0 Å². The molecule has 1 saturated heterocycles. The molecule has 0 aromatic carbocycles. The lowest BCUT2D eigenvalue weighted by atomic mass is 9.80. The molecule has 1 fully saturated rings. The largest absolute Gasteiger partial charge is 0.495 e. The molecule has 18 heavy (non-hydrogen) atoms. The van der Waals surface area contributed by atoms with Crippen molar-refractivity contribution < 1.29 is 9.31 Å². The van der Waals surface area contributed by atoms with Crippen LogP contribution >= 0.6 is 11.6 Å². The maximum absolute atomic E-state index is 5.99. The summed E-state index contributed by atoms with van der Waals surface area (Å²) in [5.74, 6) is 0.701. The van der Waals surface area contributed by atoms with E-state index in [2.05, 4.69) is 10.3 Å². The molecule has 1 aliphatic rings. The minimum absolute atomic E-state index is 0.354. The van der Waals surface area contributed by atoms with Crippen molar-refractivity contribution in [1.82, 2.24) is 4.98 Å². The van der Waals surface area contributed by atoms with E-state index in [9.17, 15) is 0 Å². The van der Waals surface area contributed by atoms with Gasteiger partial charge in [0.1, 0.15) is 11.0 Å². The van der Waals surface area contributed by atoms with E-state index in [1.165, 1.54) is 0 Å². The molecule has 1 aromatic heterocycles. The number of nitrogens with one attached hydrogen (secondary N) is 1. The van der Waals surface area contributed by atoms with Crippen molar-refractivity contribution in [2.24, 2.45) is 0 Å². The van der Waals surface area contributed by atoms with E-state index in [-0.39, 0.29) is 11.2 Å². The molecule has 0 atom stereocenters. The summed E-state index contributed by atoms with van der Waals surface area (Å²) in [6.45, 7) is 8.09. The maximum Gasteiger partial charge on any atom is 0.495 e. The van der Waals surface area contributed by atoms with Crippen molar-refractivity contribution in [2.75, 3.05) is 12.4 Å². The Labute approximate surface area is 113 Å². The summed E-state index contributed by atoms with van der Waals surface area (Å²) in [6.07, 6.45) is 0. The first kappa shape index (κ1) is 13.7. The number of hydrogen-bond donors (Lipinski definition) is 1. The zero-order chi connectivity index (χ0) is 13.6. The third-order valence-electron chi connectivity index (χ3n) is 3.60. The number of anilines is 1. The van der Waals surface area contributed by atoms with Crippen molar-refractivity contribution in [1.29, 1.82) is 0 Å². The fourth-order valence-electron chi connectivity index (χ4n) is 1.76. The number of nitrogens with zero attached hydrogens (tertiary/aromatic N) is 1. The summed E-state index contributed by atoms with van der Waals surface area (Å²) < 4.78 is 11.9. The average Bonchev–Trinajstić information content (AvgIpc) is 2.47. The van der Waals surface area contributed by atoms with Gasteiger partial charge < -0.3 is 14.6 Å². The third-order valence-corrected chi connectivity index (χ3v) is 3.79. The summed E-state index contributed by atoms with van der Waals surface area (Å²) in [5.41, 5.74) is 0.165. The minimum Gasteiger partial charge on any atom is -0.399 e. The van der Waals surface area contributed by atoms with Crippen LogP contribution in [0.25, 0.3) is 0 Å². The Balaban J connectivity index is 2.32. The molecule has 0 aliphatic carbocycles. The molecule has 1 aromatic rings. The molecule has 0 saturated carbocycles. The molecule has 2 heterocycles. The zero-order valence-corrected chi connectivity index (χ0v) is 12.1. The van der Waals surface area contributed by atoms with Crippen LogP contribution in [0.3, 0.4) is 0 Å². The van der Waals surface area contributed by atoms with Gasteiger partial charge in [-0.05, 0) is 45.3 Å². The predicted octanol–water partition coefficient (Wildman–Crippen LogP) is 2.08. The van der Waals surface area contributed by atoms with Gasteiger partial charge in [-0.25, -0.2) is 4.98 Å². The van der Waals surface area contributed by atoms with Crippen molar-refractivity contribution in [2.45, 2.75) is 38.9 Å². The number of rotatable bonds is 2. The van der Waals surface area contributed by atoms with Gasteiger partial charge in [-0.1, -0.05) is 11.6 Å². The van der Waals surface area contributed by atoms with Gasteiger partial charge >= 0.3 is 7.12 Å². The number of halogens is 1. The molecular weight excluding hydrogens is 250 g/mol. The topological polar surface area (TPSA) is 43.4 Å². The monoisotopic (exact) mass is 268 g/mol. The lowest BCUT2D eigenvalue weighted by Crippen LogP contribution is -2.41. The Bertz CT molecular complexity index is 449. The molecule has 6 heteroatoms. The SMILES string of the molecule is CNc1cc(B2OC(C)(C)C(C)(C)O2)cc(Cl)n1. The van der Waals surface area contributed by atoms with Gasteiger partial charge in [0.25, 0.3) is 0 Å². The third kappa shape index (κ3) is 2.35. The minimum atomic E-state index is -0.414. The van der Waals surface area contributed by atoms with Crippen LogP contribution in [0, 0.1) is 0 Å². The molecule has 98 valence electrons. The fraction of sp³-hybridized carbons (Fsp3) is 0.583. The first-order chi connectivity index (χ1) is 8.25. The molecule has 0 amide bonds. The fourth-order valence-corrected chi connectivity index (χ4v) is 1.98. The maximum atomic E-state index is 5.99. The summed E-state index contributed by atoms with van der Waals surface area (Å²) in [4.78, 5) is 4.14. The van der Waals surface area contributed by atoms with Crippen LogP contribution in [0.2, 0.25) is 5.15 Å². The second-order valence-corrected chi connectivity index (χ2v) is 5.83. The average molecular weight is 269 g/mol. The van der Waals surface area contributed by atoms with Crippen LogP contribution < -0.4 is 10.8 Å². The van der Waals surface area contributed by atoms with Crippen LogP contribution in [0.15, 0.2) is 12.1 Å². The van der Waals surface area contributed by atoms with E-state index in [1.807, 2.05) is 33.8 Å². The predicted molar refractivity (Wildman–Crippen MR) is 74.5 cm³/mol. The molecule has 0 radical (unpaired) electrons. The van der Waals surface area contributed by atoms with Crippen LogP contribution in [-0.2, 0) is 9.31 Å². The summed E-state index contributed by atoms with van der Waals surface area (Å²) in [6, 6.07) is 3.65. The summed E-state index contributed by atoms with van der Waals surface area (Å²) in [5, 5.41) is 3.39. The highest BCUT2D eigenvalue weighted by molar-refractivity contribution is 6.62. The molecule has 2 rings (SSSR count). The Morgan fingerprint density at radius 2 is 1.72 bits per heavy atom. The molecule has 0 spiro atoms. The van der Waals surface area contributed by atoms with Gasteiger partial charge in [-0.15, -0.1) is 0 Å². The zero-order valence-electron chi connectivity index (χ0n) is 11.4. The van der Waals surface area contributed by atoms with E-state index in [0.717, 1.165) is 5.46 Å². The van der Waals surface area contributed by atoms with E-state index in [0.29, 0.717) is 11.0 Å². The summed E-state index contributed by atoms with van der Waals surface area (Å²) >= 11 is 5.99. The second-order valence-electron chi connectivity index (χ2n) is 5.45. The standard InChI is InChI=1S/C12H18BClN2O2/c1-11(2)12(3,4)18-13(17-11)8-6-9(14)16-10(7-8)15-5/h6-7H,1-5H3,(H,15,16). The smallest absolute Gasteiger partial charge is 0.399 e. The van der Waals surface area contributed by atoms with Crippen LogP contribution in [0.5, 0.6) is 0 Å². The Morgan fingerprint density at radius 1 is 1.17 bits per heavy atom. The van der Waals surface area contributed by atoms with Gasteiger partial charge in [0.05, 0.1) is 11.2 Å². The normalized spacial score (nSPS) is 21.1. The number of pyridine rings is 1. The van der Waals surface area contributed by atoms with Crippen molar-refractivity contribution >= 4 is 30.0 Å². The van der Waals surface area contributed by atoms with Crippen molar-refractivity contribution in [3.63, 3.8) is 0 Å². The van der Waals surface area contributed by atoms with Gasteiger partial charge in [0, 0.05) is 7.05 Å². The first-order valence-corrected chi connectivity index (χ1v) is 6.34. The van der Waals surface area contributed by atoms with E-state index < -0.39 is 7.12 Å². The highest BCUT2D eigenvalue weighted by Crippen LogP contribution is 2.36. The highest BCUT2D eigenvalue weighted by atomic mass is 35.5. The molecule has 0 unspecified atom stereocenters. The molecular formula is C12H18BClN2O2. The second kappa shape index (κ2) is 4.40. The quantitative estimate of drug-likeness (QED) is 0.659. The summed E-state index contributed by atoms with van der Waals surface area (Å²) in [7, 11) is 1.38. The van der Waals surface area contributed by atoms with Crippen molar-refractivity contribution in [3.05, 3.63) is 17.3 Å². The molecule has 0 bridgehead atoms. The Hall–Kier alpha value is -0.775. The Morgan fingerprint density at radius 3 is 2.22 bits per heavy atom. The van der Waals surface area contributed by atoms with Crippen LogP contribution in [0.4, 0.5) is 5.82 Å². The highest BCUT2D eigenvalue weighted by Gasteiger charge is 2.51. The van der Waals surface area contributed by atoms with Crippen LogP contribution in [0.1, 0.15) is 27.7 Å². The lowest BCUT2D eigenvalue weighted by molar-refractivity contribution is 0.00578. The van der Waals surface area contributed by atoms with E-state index >= 15 is 0 Å². The van der Waals surface area contributed by atoms with Gasteiger partial charge in [-0.3, -0.25) is 0 Å². The molecule has 4 nitrogen and oxygen atoms in total. The van der Waals surface area contributed by atoms with E-state index in [1.54, 1.807) is 13.1 Å². The van der Waals surface area contributed by atoms with E-state index in [4.69, 9.17) is 20.9 Å². The van der Waals surface area contributed by atoms with Gasteiger partial charge in [0.15, 0.2) is 0 Å². The lowest BCUT2D eigenvalue weighted by Gasteiger charge is -2.32. The number of hydrogen-bond acceptors (Lipinski definition) is 4. The molecule has 1 N–H and O–H groups in total. The Kier molecular flexibility index (Phi) is 3.34. The first-order valence-electron chi connectivity index (χ1n) is 5.96. The van der Waals surface area contributed by atoms with Crippen LogP contribution in [-0.4, -0.2) is 30.4 Å². The van der Waals surface area contributed by atoms with Gasteiger partial charge in [0.2, 0.25) is 0 Å². The molecule has 1 aliphatic heterocycles. The number of aromatic nitrogens is 1. The van der Waals surface area contributed by atoms with Gasteiger partial charge in [-0.2, -0.15) is 0 Å².